The van der Waals surface area contributed by atoms with Crippen LogP contribution in [0.15, 0.2) is 12.1 Å². The molecule has 90 valence electrons. The molecule has 1 rings (SSSR count). The van der Waals surface area contributed by atoms with Crippen molar-refractivity contribution in [2.75, 3.05) is 5.32 Å². The zero-order valence-corrected chi connectivity index (χ0v) is 9.09. The molecule has 1 aromatic carbocycles. The molecule has 0 aliphatic heterocycles. The summed E-state index contributed by atoms with van der Waals surface area (Å²) in [6.07, 6.45) is 0. The van der Waals surface area contributed by atoms with E-state index in [-0.39, 0.29) is 11.3 Å². The molecule has 0 aliphatic carbocycles. The smallest absolute Gasteiger partial charge is 0.281 e. The average molecular weight is 239 g/mol. The van der Waals surface area contributed by atoms with Gasteiger partial charge in [0.05, 0.1) is 15.5 Å². The van der Waals surface area contributed by atoms with Gasteiger partial charge in [-0.25, -0.2) is 0 Å². The van der Waals surface area contributed by atoms with E-state index in [0.29, 0.717) is 0 Å². The highest BCUT2D eigenvalue weighted by molar-refractivity contribution is 5.89. The highest BCUT2D eigenvalue weighted by Gasteiger charge is 2.23. The fourth-order valence-electron chi connectivity index (χ4n) is 1.34. The molecular weight excluding hydrogens is 230 g/mol. The van der Waals surface area contributed by atoms with Crippen molar-refractivity contribution in [2.24, 2.45) is 0 Å². The molecule has 0 atom stereocenters. The second-order valence-corrected chi connectivity index (χ2v) is 3.33. The monoisotopic (exact) mass is 239 g/mol. The van der Waals surface area contributed by atoms with Gasteiger partial charge in [-0.2, -0.15) is 0 Å². The molecule has 1 aromatic rings. The highest BCUT2D eigenvalue weighted by Crippen LogP contribution is 2.31. The minimum absolute atomic E-state index is 0.0292. The first kappa shape index (κ1) is 12.6. The summed E-state index contributed by atoms with van der Waals surface area (Å²) in [5.41, 5.74) is -0.818. The first-order chi connectivity index (χ1) is 7.82. The Morgan fingerprint density at radius 3 is 1.88 bits per heavy atom. The van der Waals surface area contributed by atoms with Crippen molar-refractivity contribution in [3.8, 4) is 0 Å². The molecule has 0 saturated heterocycles. The minimum atomic E-state index is -0.729. The molecule has 1 N–H and O–H groups in total. The SMILES string of the molecule is CC(=O)Nc1cc([N+](=O)[O-])c(C)c([N+](=O)[O-])c1. The maximum Gasteiger partial charge on any atom is 0.281 e. The summed E-state index contributed by atoms with van der Waals surface area (Å²) in [5, 5.41) is 23.7. The van der Waals surface area contributed by atoms with Crippen molar-refractivity contribution < 1.29 is 14.6 Å². The van der Waals surface area contributed by atoms with Crippen molar-refractivity contribution >= 4 is 23.0 Å². The van der Waals surface area contributed by atoms with E-state index in [1.807, 2.05) is 0 Å². The second kappa shape index (κ2) is 4.56. The van der Waals surface area contributed by atoms with Crippen LogP contribution in [0.1, 0.15) is 12.5 Å². The summed E-state index contributed by atoms with van der Waals surface area (Å²) in [6.45, 7) is 2.49. The normalized spacial score (nSPS) is 9.76. The molecule has 0 saturated carbocycles. The Morgan fingerprint density at radius 2 is 1.59 bits per heavy atom. The van der Waals surface area contributed by atoms with E-state index < -0.39 is 27.1 Å². The lowest BCUT2D eigenvalue weighted by Crippen LogP contribution is -2.07. The van der Waals surface area contributed by atoms with Crippen LogP contribution in [0.3, 0.4) is 0 Å². The van der Waals surface area contributed by atoms with Gasteiger partial charge in [-0.1, -0.05) is 0 Å². The quantitative estimate of drug-likeness (QED) is 0.637. The Kier molecular flexibility index (Phi) is 3.37. The van der Waals surface area contributed by atoms with E-state index in [1.165, 1.54) is 13.8 Å². The van der Waals surface area contributed by atoms with E-state index in [1.54, 1.807) is 0 Å². The Hall–Kier alpha value is -2.51. The lowest BCUT2D eigenvalue weighted by molar-refractivity contribution is -0.395. The van der Waals surface area contributed by atoms with E-state index in [2.05, 4.69) is 5.32 Å². The van der Waals surface area contributed by atoms with Crippen LogP contribution in [0.4, 0.5) is 17.1 Å². The zero-order chi connectivity index (χ0) is 13.2. The van der Waals surface area contributed by atoms with Gasteiger partial charge in [0.2, 0.25) is 5.91 Å². The van der Waals surface area contributed by atoms with E-state index >= 15 is 0 Å². The number of nitrogens with zero attached hydrogens (tertiary/aromatic N) is 2. The van der Waals surface area contributed by atoms with Gasteiger partial charge in [-0.15, -0.1) is 0 Å². The number of amides is 1. The number of carbonyl (C=O) groups is 1. The van der Waals surface area contributed by atoms with Gasteiger partial charge in [0.15, 0.2) is 0 Å². The molecule has 17 heavy (non-hydrogen) atoms. The Morgan fingerprint density at radius 1 is 1.18 bits per heavy atom. The minimum Gasteiger partial charge on any atom is -0.326 e. The maximum atomic E-state index is 10.8. The van der Waals surface area contributed by atoms with Crippen molar-refractivity contribution in [1.82, 2.24) is 0 Å². The molecule has 0 aromatic heterocycles. The van der Waals surface area contributed by atoms with Crippen LogP contribution < -0.4 is 5.32 Å². The van der Waals surface area contributed by atoms with Gasteiger partial charge in [0.1, 0.15) is 5.56 Å². The molecule has 0 spiro atoms. The van der Waals surface area contributed by atoms with Crippen molar-refractivity contribution in [3.05, 3.63) is 37.9 Å². The summed E-state index contributed by atoms with van der Waals surface area (Å²) in [4.78, 5) is 30.8. The van der Waals surface area contributed by atoms with Gasteiger partial charge >= 0.3 is 0 Å². The van der Waals surface area contributed by atoms with Crippen LogP contribution in [0.2, 0.25) is 0 Å². The highest BCUT2D eigenvalue weighted by atomic mass is 16.6. The summed E-state index contributed by atoms with van der Waals surface area (Å²) in [7, 11) is 0. The number of hydrogen-bond acceptors (Lipinski definition) is 5. The number of hydrogen-bond donors (Lipinski definition) is 1. The van der Waals surface area contributed by atoms with Crippen molar-refractivity contribution in [2.45, 2.75) is 13.8 Å². The number of carbonyl (C=O) groups excluding carboxylic acids is 1. The molecule has 0 radical (unpaired) electrons. The third kappa shape index (κ3) is 2.74. The van der Waals surface area contributed by atoms with E-state index in [9.17, 15) is 25.0 Å². The lowest BCUT2D eigenvalue weighted by Gasteiger charge is -2.04. The summed E-state index contributed by atoms with van der Waals surface area (Å²) in [6, 6.07) is 2.17. The topological polar surface area (TPSA) is 115 Å². The first-order valence-corrected chi connectivity index (χ1v) is 4.54. The number of nitro benzene ring substituents is 2. The third-order valence-corrected chi connectivity index (χ3v) is 2.07. The predicted molar refractivity (Wildman–Crippen MR) is 58.8 cm³/mol. The van der Waals surface area contributed by atoms with E-state index in [4.69, 9.17) is 0 Å². The summed E-state index contributed by atoms with van der Waals surface area (Å²) >= 11 is 0. The molecule has 0 aliphatic rings. The lowest BCUT2D eigenvalue weighted by atomic mass is 10.1. The molecule has 1 amide bonds. The number of rotatable bonds is 3. The van der Waals surface area contributed by atoms with Crippen molar-refractivity contribution in [1.29, 1.82) is 0 Å². The number of anilines is 1. The molecule has 0 heterocycles. The molecule has 0 bridgehead atoms. The average Bonchev–Trinajstić information content (AvgIpc) is 2.18. The van der Waals surface area contributed by atoms with Crippen LogP contribution in [0, 0.1) is 27.2 Å². The molecule has 0 fully saturated rings. The fourth-order valence-corrected chi connectivity index (χ4v) is 1.34. The van der Waals surface area contributed by atoms with Crippen molar-refractivity contribution in [3.63, 3.8) is 0 Å². The van der Waals surface area contributed by atoms with E-state index in [0.717, 1.165) is 12.1 Å². The van der Waals surface area contributed by atoms with Crippen LogP contribution in [0.5, 0.6) is 0 Å². The molecular formula is C9H9N3O5. The third-order valence-electron chi connectivity index (χ3n) is 2.07. The number of nitro groups is 2. The Labute approximate surface area is 95.5 Å². The number of benzene rings is 1. The summed E-state index contributed by atoms with van der Waals surface area (Å²) < 4.78 is 0. The van der Waals surface area contributed by atoms with Gasteiger partial charge in [0, 0.05) is 19.1 Å². The zero-order valence-electron chi connectivity index (χ0n) is 9.09. The Balaban J connectivity index is 3.41. The maximum absolute atomic E-state index is 10.8. The van der Waals surface area contributed by atoms with Crippen LogP contribution in [-0.2, 0) is 4.79 Å². The standard InChI is InChI=1S/C9H9N3O5/c1-5-8(11(14)15)3-7(10-6(2)13)4-9(5)12(16)17/h3-4H,1-2H3,(H,10,13). The number of nitrogens with one attached hydrogen (secondary N) is 1. The van der Waals surface area contributed by atoms with Crippen LogP contribution in [-0.4, -0.2) is 15.8 Å². The summed E-state index contributed by atoms with van der Waals surface area (Å²) in [5.74, 6) is -0.461. The van der Waals surface area contributed by atoms with Gasteiger partial charge in [-0.05, 0) is 6.92 Å². The van der Waals surface area contributed by atoms with Gasteiger partial charge in [-0.3, -0.25) is 25.0 Å². The molecule has 0 unspecified atom stereocenters. The van der Waals surface area contributed by atoms with Crippen LogP contribution >= 0.6 is 0 Å². The van der Waals surface area contributed by atoms with Gasteiger partial charge < -0.3 is 5.32 Å². The Bertz CT molecular complexity index is 476. The second-order valence-electron chi connectivity index (χ2n) is 3.33. The largest absolute Gasteiger partial charge is 0.326 e. The fraction of sp³-hybridized carbons (Fsp3) is 0.222. The molecule has 8 nitrogen and oxygen atoms in total. The van der Waals surface area contributed by atoms with Gasteiger partial charge in [0.25, 0.3) is 11.4 Å². The molecule has 8 heteroatoms. The van der Waals surface area contributed by atoms with Crippen LogP contribution in [0.25, 0.3) is 0 Å². The predicted octanol–water partition coefficient (Wildman–Crippen LogP) is 1.77. The first-order valence-electron chi connectivity index (χ1n) is 4.54.